The predicted octanol–water partition coefficient (Wildman–Crippen LogP) is 4.26. The van der Waals surface area contributed by atoms with Crippen LogP contribution in [0.4, 0.5) is 0 Å². The van der Waals surface area contributed by atoms with Crippen LogP contribution in [0.5, 0.6) is 0 Å². The molecule has 3 aromatic heterocycles. The van der Waals surface area contributed by atoms with E-state index in [2.05, 4.69) is 15.2 Å². The zero-order chi connectivity index (χ0) is 16.9. The van der Waals surface area contributed by atoms with Crippen molar-refractivity contribution < 1.29 is 4.42 Å². The summed E-state index contributed by atoms with van der Waals surface area (Å²) in [5.41, 5.74) is 2.09. The number of rotatable bonds is 6. The minimum atomic E-state index is 0.702. The quantitative estimate of drug-likeness (QED) is 0.487. The number of aromatic nitrogens is 4. The van der Waals surface area contributed by atoms with E-state index >= 15 is 0 Å². The maximum absolute atomic E-state index is 5.53. The van der Waals surface area contributed by atoms with Crippen LogP contribution < -0.4 is 0 Å². The number of pyridine rings is 1. The maximum atomic E-state index is 5.53. The molecule has 6 heteroatoms. The van der Waals surface area contributed by atoms with Crippen molar-refractivity contribution >= 4 is 11.8 Å². The number of nitrogens with zero attached hydrogens (tertiary/aromatic N) is 4. The van der Waals surface area contributed by atoms with E-state index in [1.807, 2.05) is 71.4 Å². The summed E-state index contributed by atoms with van der Waals surface area (Å²) in [6.07, 6.45) is 4.35. The summed E-state index contributed by atoms with van der Waals surface area (Å²) in [5.74, 6) is 2.28. The molecule has 124 valence electrons. The van der Waals surface area contributed by atoms with Crippen molar-refractivity contribution in [2.24, 2.45) is 0 Å². The Kier molecular flexibility index (Phi) is 4.61. The van der Waals surface area contributed by atoms with Gasteiger partial charge in [-0.2, -0.15) is 0 Å². The lowest BCUT2D eigenvalue weighted by molar-refractivity contribution is 0.575. The zero-order valence-electron chi connectivity index (χ0n) is 13.4. The Bertz CT molecular complexity index is 921. The van der Waals surface area contributed by atoms with Gasteiger partial charge in [0.25, 0.3) is 0 Å². The lowest BCUT2D eigenvalue weighted by atomic mass is 10.3. The van der Waals surface area contributed by atoms with Gasteiger partial charge in [0, 0.05) is 23.3 Å². The summed E-state index contributed by atoms with van der Waals surface area (Å²) in [5, 5.41) is 9.56. The lowest BCUT2D eigenvalue weighted by Crippen LogP contribution is -2.00. The molecule has 5 nitrogen and oxygen atoms in total. The average Bonchev–Trinajstić information content (AvgIpc) is 3.33. The normalized spacial score (nSPS) is 10.9. The van der Waals surface area contributed by atoms with Gasteiger partial charge in [0.15, 0.2) is 10.9 Å². The van der Waals surface area contributed by atoms with Crippen LogP contribution >= 0.6 is 11.8 Å². The summed E-state index contributed by atoms with van der Waals surface area (Å²) < 4.78 is 7.56. The van der Waals surface area contributed by atoms with Crippen molar-refractivity contribution in [3.63, 3.8) is 0 Å². The average molecular weight is 348 g/mol. The van der Waals surface area contributed by atoms with E-state index in [1.165, 1.54) is 0 Å². The van der Waals surface area contributed by atoms with Gasteiger partial charge in [0.05, 0.1) is 6.26 Å². The Morgan fingerprint density at radius 1 is 0.920 bits per heavy atom. The van der Waals surface area contributed by atoms with Crippen LogP contribution in [0.15, 0.2) is 82.7 Å². The molecule has 0 aliphatic rings. The molecule has 0 unspecified atom stereocenters. The zero-order valence-corrected chi connectivity index (χ0v) is 14.3. The largest absolute Gasteiger partial charge is 0.461 e. The van der Waals surface area contributed by atoms with Gasteiger partial charge in [-0.3, -0.25) is 9.55 Å². The van der Waals surface area contributed by atoms with Gasteiger partial charge in [-0.1, -0.05) is 36.0 Å². The Morgan fingerprint density at radius 3 is 2.56 bits per heavy atom. The number of aryl methyl sites for hydroxylation is 1. The van der Waals surface area contributed by atoms with Crippen LogP contribution in [0.25, 0.3) is 17.3 Å². The molecule has 0 fully saturated rings. The van der Waals surface area contributed by atoms with Gasteiger partial charge in [-0.25, -0.2) is 0 Å². The molecule has 4 aromatic rings. The Balaban J connectivity index is 1.61. The first-order valence-corrected chi connectivity index (χ1v) is 8.98. The number of furan rings is 1. The molecule has 25 heavy (non-hydrogen) atoms. The second kappa shape index (κ2) is 7.36. The predicted molar refractivity (Wildman–Crippen MR) is 97.7 cm³/mol. The van der Waals surface area contributed by atoms with Crippen LogP contribution in [0, 0.1) is 0 Å². The van der Waals surface area contributed by atoms with Gasteiger partial charge >= 0.3 is 0 Å². The topological polar surface area (TPSA) is 56.7 Å². The summed E-state index contributed by atoms with van der Waals surface area (Å²) in [7, 11) is 0. The van der Waals surface area contributed by atoms with E-state index in [1.54, 1.807) is 18.0 Å². The molecule has 0 N–H and O–H groups in total. The molecule has 0 saturated heterocycles. The van der Waals surface area contributed by atoms with E-state index < -0.39 is 0 Å². The van der Waals surface area contributed by atoms with E-state index in [4.69, 9.17) is 4.42 Å². The highest BCUT2D eigenvalue weighted by Crippen LogP contribution is 2.28. The van der Waals surface area contributed by atoms with Crippen LogP contribution in [-0.4, -0.2) is 25.5 Å². The molecule has 1 aromatic carbocycles. The summed E-state index contributed by atoms with van der Waals surface area (Å²) in [6, 6.07) is 19.8. The monoisotopic (exact) mass is 348 g/mol. The van der Waals surface area contributed by atoms with E-state index in [9.17, 15) is 0 Å². The molecule has 4 rings (SSSR count). The Hall–Kier alpha value is -2.86. The molecule has 0 bridgehead atoms. The van der Waals surface area contributed by atoms with E-state index in [0.717, 1.165) is 28.7 Å². The molecular formula is C19H16N4OS. The minimum Gasteiger partial charge on any atom is -0.461 e. The molecule has 0 amide bonds. The number of hydrogen-bond donors (Lipinski definition) is 0. The summed E-state index contributed by atoms with van der Waals surface area (Å²) >= 11 is 1.66. The number of hydrogen-bond acceptors (Lipinski definition) is 5. The fourth-order valence-corrected chi connectivity index (χ4v) is 3.44. The standard InChI is InChI=1S/C19H16N4OS/c1-2-8-16(9-3-1)23-18(17-10-6-13-24-17)21-22-19(23)25-14-11-15-7-4-5-12-20-15/h1-10,12-13H,11,14H2. The highest BCUT2D eigenvalue weighted by molar-refractivity contribution is 7.99. The highest BCUT2D eigenvalue weighted by atomic mass is 32.2. The minimum absolute atomic E-state index is 0.702. The first-order chi connectivity index (χ1) is 12.4. The van der Waals surface area contributed by atoms with Gasteiger partial charge in [0.1, 0.15) is 0 Å². The van der Waals surface area contributed by atoms with Crippen LogP contribution in [-0.2, 0) is 6.42 Å². The van der Waals surface area contributed by atoms with Gasteiger partial charge in [-0.15, -0.1) is 10.2 Å². The van der Waals surface area contributed by atoms with Crippen molar-refractivity contribution in [1.29, 1.82) is 0 Å². The third kappa shape index (κ3) is 3.49. The molecule has 0 spiro atoms. The smallest absolute Gasteiger partial charge is 0.205 e. The van der Waals surface area contributed by atoms with Crippen LogP contribution in [0.3, 0.4) is 0 Å². The Morgan fingerprint density at radius 2 is 1.80 bits per heavy atom. The summed E-state index contributed by atoms with van der Waals surface area (Å²) in [4.78, 5) is 4.37. The second-order valence-corrected chi connectivity index (χ2v) is 6.44. The maximum Gasteiger partial charge on any atom is 0.205 e. The fraction of sp³-hybridized carbons (Fsp3) is 0.105. The van der Waals surface area contributed by atoms with Gasteiger partial charge in [-0.05, 0) is 42.8 Å². The molecule has 3 heterocycles. The van der Waals surface area contributed by atoms with Crippen LogP contribution in [0.2, 0.25) is 0 Å². The van der Waals surface area contributed by atoms with E-state index in [-0.39, 0.29) is 0 Å². The molecule has 0 aliphatic carbocycles. The number of benzene rings is 1. The molecular weight excluding hydrogens is 332 g/mol. The fourth-order valence-electron chi connectivity index (χ4n) is 2.53. The molecule has 0 atom stereocenters. The third-order valence-electron chi connectivity index (χ3n) is 3.70. The first kappa shape index (κ1) is 15.7. The van der Waals surface area contributed by atoms with Gasteiger partial charge in [0.2, 0.25) is 5.82 Å². The highest BCUT2D eigenvalue weighted by Gasteiger charge is 2.17. The first-order valence-electron chi connectivity index (χ1n) is 7.99. The Labute approximate surface area is 149 Å². The lowest BCUT2D eigenvalue weighted by Gasteiger charge is -2.08. The molecule has 0 radical (unpaired) electrons. The van der Waals surface area contributed by atoms with Crippen molar-refractivity contribution in [2.45, 2.75) is 11.6 Å². The molecule has 0 aliphatic heterocycles. The number of para-hydroxylation sites is 1. The SMILES string of the molecule is c1ccc(-n2c(SCCc3ccccn3)nnc2-c2ccco2)cc1. The van der Waals surface area contributed by atoms with Crippen molar-refractivity contribution in [3.05, 3.63) is 78.8 Å². The van der Waals surface area contributed by atoms with Crippen molar-refractivity contribution in [1.82, 2.24) is 19.7 Å². The number of thioether (sulfide) groups is 1. The third-order valence-corrected chi connectivity index (χ3v) is 4.64. The van der Waals surface area contributed by atoms with E-state index in [0.29, 0.717) is 11.6 Å². The molecule has 0 saturated carbocycles. The summed E-state index contributed by atoms with van der Waals surface area (Å²) in [6.45, 7) is 0. The van der Waals surface area contributed by atoms with Crippen molar-refractivity contribution in [2.75, 3.05) is 5.75 Å². The van der Waals surface area contributed by atoms with Crippen molar-refractivity contribution in [3.8, 4) is 17.3 Å². The van der Waals surface area contributed by atoms with Gasteiger partial charge < -0.3 is 4.42 Å². The second-order valence-electron chi connectivity index (χ2n) is 5.37. The van der Waals surface area contributed by atoms with Crippen LogP contribution in [0.1, 0.15) is 5.69 Å².